The molecule has 4 rings (SSSR count). The van der Waals surface area contributed by atoms with Gasteiger partial charge in [-0.25, -0.2) is 9.97 Å². The van der Waals surface area contributed by atoms with Crippen molar-refractivity contribution in [3.63, 3.8) is 0 Å². The van der Waals surface area contributed by atoms with E-state index in [0.29, 0.717) is 40.0 Å². The van der Waals surface area contributed by atoms with E-state index in [4.69, 9.17) is 16.6 Å². The molecule has 1 aliphatic rings. The van der Waals surface area contributed by atoms with Crippen molar-refractivity contribution in [3.05, 3.63) is 87.5 Å². The van der Waals surface area contributed by atoms with Crippen molar-refractivity contribution < 1.29 is 14.4 Å². The van der Waals surface area contributed by atoms with Gasteiger partial charge in [0.15, 0.2) is 0 Å². The number of likely N-dealkylation sites (N-methyl/N-ethyl adjacent to an activating group) is 1. The number of likely N-dealkylation sites (tertiary alicyclic amines) is 1. The molecule has 3 aromatic rings. The molecule has 2 amide bonds. The molecule has 39 heavy (non-hydrogen) atoms. The minimum Gasteiger partial charge on any atom is -0.342 e. The van der Waals surface area contributed by atoms with Gasteiger partial charge >= 0.3 is 0 Å². The summed E-state index contributed by atoms with van der Waals surface area (Å²) < 4.78 is 0. The van der Waals surface area contributed by atoms with Gasteiger partial charge in [-0.05, 0) is 61.7 Å². The van der Waals surface area contributed by atoms with Gasteiger partial charge < -0.3 is 15.1 Å². The Morgan fingerprint density at radius 3 is 2.49 bits per heavy atom. The number of carbonyl (C=O) groups excluding carboxylic acids is 3. The molecule has 1 aromatic heterocycles. The number of anilines is 1. The molecule has 0 unspecified atom stereocenters. The molecule has 0 saturated carbocycles. The highest BCUT2D eigenvalue weighted by Crippen LogP contribution is 2.34. The predicted molar refractivity (Wildman–Crippen MR) is 152 cm³/mol. The fourth-order valence-corrected chi connectivity index (χ4v) is 5.07. The summed E-state index contributed by atoms with van der Waals surface area (Å²) >= 11 is 6.46. The summed E-state index contributed by atoms with van der Waals surface area (Å²) in [5, 5.41) is 3.40. The second-order valence-electron chi connectivity index (χ2n) is 10.3. The predicted octanol–water partition coefficient (Wildman–Crippen LogP) is 4.35. The van der Waals surface area contributed by atoms with Gasteiger partial charge in [0.1, 0.15) is 5.82 Å². The number of Topliss-reactive ketones (excluding diaryl/α,β-unsaturated/α-hetero) is 1. The first-order valence-corrected chi connectivity index (χ1v) is 13.4. The molecule has 1 saturated heterocycles. The largest absolute Gasteiger partial charge is 0.342 e. The average molecular weight is 548 g/mol. The summed E-state index contributed by atoms with van der Waals surface area (Å²) in [7, 11) is 5.23. The monoisotopic (exact) mass is 547 g/mol. The van der Waals surface area contributed by atoms with Gasteiger partial charge in [0.2, 0.25) is 5.91 Å². The Kier molecular flexibility index (Phi) is 9.09. The summed E-state index contributed by atoms with van der Waals surface area (Å²) in [5.41, 5.74) is 4.53. The third-order valence-corrected chi connectivity index (χ3v) is 7.35. The van der Waals surface area contributed by atoms with Crippen LogP contribution >= 0.6 is 11.6 Å². The highest BCUT2D eigenvalue weighted by Gasteiger charge is 2.23. The van der Waals surface area contributed by atoms with E-state index in [1.54, 1.807) is 38.5 Å². The summed E-state index contributed by atoms with van der Waals surface area (Å²) in [4.78, 5) is 49.8. The molecular weight excluding hydrogens is 514 g/mol. The lowest BCUT2D eigenvalue weighted by atomic mass is 9.87. The zero-order valence-electron chi connectivity index (χ0n) is 22.8. The molecular formula is C30H34ClN5O3. The van der Waals surface area contributed by atoms with Gasteiger partial charge in [0, 0.05) is 51.3 Å². The lowest BCUT2D eigenvalue weighted by molar-refractivity contribution is -0.124. The van der Waals surface area contributed by atoms with Crippen molar-refractivity contribution in [1.82, 2.24) is 19.8 Å². The maximum absolute atomic E-state index is 12.8. The highest BCUT2D eigenvalue weighted by atomic mass is 35.5. The number of hydrogen-bond acceptors (Lipinski definition) is 6. The van der Waals surface area contributed by atoms with Crippen LogP contribution < -0.4 is 5.32 Å². The maximum atomic E-state index is 12.8. The van der Waals surface area contributed by atoms with Crippen LogP contribution in [-0.2, 0) is 22.4 Å². The molecule has 2 aromatic carbocycles. The standard InChI is InChI=1S/C30H34ClN5O3/c1-19(37)33-26-15-20(9-10-23(26)21-11-13-36(4)14-12-21)16-28-32-18-25(31)27(34-28)17-22-7-5-6-8-24(22)29(38)30(39)35(2)3/h5-10,15,18,21H,11-14,16-17H2,1-4H3,(H,33,37). The summed E-state index contributed by atoms with van der Waals surface area (Å²) in [6.45, 7) is 3.59. The van der Waals surface area contributed by atoms with Crippen LogP contribution in [-0.4, -0.2) is 71.6 Å². The summed E-state index contributed by atoms with van der Waals surface area (Å²) in [5.74, 6) is -0.292. The molecule has 1 N–H and O–H groups in total. The molecule has 1 aliphatic heterocycles. The quantitative estimate of drug-likeness (QED) is 0.333. The third kappa shape index (κ3) is 7.07. The molecule has 1 fully saturated rings. The summed E-state index contributed by atoms with van der Waals surface area (Å²) in [6.07, 6.45) is 4.40. The number of piperidine rings is 1. The van der Waals surface area contributed by atoms with Gasteiger partial charge in [0.25, 0.3) is 11.7 Å². The molecule has 0 bridgehead atoms. The van der Waals surface area contributed by atoms with E-state index < -0.39 is 11.7 Å². The minimum atomic E-state index is -0.587. The molecule has 0 atom stereocenters. The summed E-state index contributed by atoms with van der Waals surface area (Å²) in [6, 6.07) is 13.2. The fraction of sp³-hybridized carbons (Fsp3) is 0.367. The van der Waals surface area contributed by atoms with E-state index >= 15 is 0 Å². The first-order valence-electron chi connectivity index (χ1n) is 13.1. The Hall–Kier alpha value is -3.62. The SMILES string of the molecule is CC(=O)Nc1cc(Cc2ncc(Cl)c(Cc3ccccc3C(=O)C(=O)N(C)C)n2)ccc1C1CCN(C)CC1. The number of carbonyl (C=O) groups is 3. The first-order chi connectivity index (χ1) is 18.6. The van der Waals surface area contributed by atoms with Crippen LogP contribution in [0.15, 0.2) is 48.7 Å². The van der Waals surface area contributed by atoms with Crippen molar-refractivity contribution in [1.29, 1.82) is 0 Å². The van der Waals surface area contributed by atoms with Crippen molar-refractivity contribution in [3.8, 4) is 0 Å². The Morgan fingerprint density at radius 1 is 1.08 bits per heavy atom. The van der Waals surface area contributed by atoms with E-state index in [-0.39, 0.29) is 12.3 Å². The molecule has 2 heterocycles. The van der Waals surface area contributed by atoms with Crippen LogP contribution in [0, 0.1) is 0 Å². The number of nitrogens with zero attached hydrogens (tertiary/aromatic N) is 4. The van der Waals surface area contributed by atoms with Gasteiger partial charge in [-0.1, -0.05) is 48.0 Å². The molecule has 0 aliphatic carbocycles. The Labute approximate surface area is 234 Å². The van der Waals surface area contributed by atoms with Crippen LogP contribution in [0.4, 0.5) is 5.69 Å². The van der Waals surface area contributed by atoms with Crippen molar-refractivity contribution in [2.45, 2.75) is 38.5 Å². The lowest BCUT2D eigenvalue weighted by Crippen LogP contribution is -2.30. The zero-order valence-corrected chi connectivity index (χ0v) is 23.6. The van der Waals surface area contributed by atoms with Crippen LogP contribution in [0.25, 0.3) is 0 Å². The number of hydrogen-bond donors (Lipinski definition) is 1. The molecule has 204 valence electrons. The van der Waals surface area contributed by atoms with Crippen molar-refractivity contribution in [2.24, 2.45) is 0 Å². The van der Waals surface area contributed by atoms with Gasteiger partial charge in [-0.2, -0.15) is 0 Å². The number of halogens is 1. The number of amides is 2. The number of rotatable bonds is 8. The van der Waals surface area contributed by atoms with E-state index in [0.717, 1.165) is 42.7 Å². The fourth-order valence-electron chi connectivity index (χ4n) is 4.92. The van der Waals surface area contributed by atoms with Crippen LogP contribution in [0.2, 0.25) is 5.02 Å². The van der Waals surface area contributed by atoms with Crippen LogP contribution in [0.3, 0.4) is 0 Å². The second-order valence-corrected chi connectivity index (χ2v) is 10.7. The number of ketones is 1. The molecule has 9 heteroatoms. The van der Waals surface area contributed by atoms with E-state index in [1.165, 1.54) is 11.8 Å². The van der Waals surface area contributed by atoms with Gasteiger partial charge in [0.05, 0.1) is 10.7 Å². The second kappa shape index (κ2) is 12.5. The normalized spacial score (nSPS) is 14.2. The maximum Gasteiger partial charge on any atom is 0.294 e. The lowest BCUT2D eigenvalue weighted by Gasteiger charge is -2.30. The Bertz CT molecular complexity index is 1380. The first kappa shape index (κ1) is 28.4. The highest BCUT2D eigenvalue weighted by molar-refractivity contribution is 6.43. The number of benzene rings is 2. The van der Waals surface area contributed by atoms with Crippen LogP contribution in [0.5, 0.6) is 0 Å². The molecule has 0 spiro atoms. The smallest absolute Gasteiger partial charge is 0.294 e. The molecule has 8 nitrogen and oxygen atoms in total. The van der Waals surface area contributed by atoms with Crippen molar-refractivity contribution in [2.75, 3.05) is 39.5 Å². The van der Waals surface area contributed by atoms with Gasteiger partial charge in [-0.15, -0.1) is 0 Å². The van der Waals surface area contributed by atoms with E-state index in [1.807, 2.05) is 12.1 Å². The average Bonchev–Trinajstić information content (AvgIpc) is 2.90. The van der Waals surface area contributed by atoms with E-state index in [2.05, 4.69) is 34.4 Å². The van der Waals surface area contributed by atoms with Crippen LogP contribution in [0.1, 0.15) is 64.2 Å². The van der Waals surface area contributed by atoms with Gasteiger partial charge in [-0.3, -0.25) is 14.4 Å². The molecule has 0 radical (unpaired) electrons. The zero-order chi connectivity index (χ0) is 28.1. The Balaban J connectivity index is 1.58. The third-order valence-electron chi connectivity index (χ3n) is 7.04. The number of aromatic nitrogens is 2. The Morgan fingerprint density at radius 2 is 1.79 bits per heavy atom. The van der Waals surface area contributed by atoms with Crippen molar-refractivity contribution >= 4 is 34.9 Å². The minimum absolute atomic E-state index is 0.104. The number of nitrogens with one attached hydrogen (secondary N) is 1. The van der Waals surface area contributed by atoms with E-state index in [9.17, 15) is 14.4 Å². The topological polar surface area (TPSA) is 95.5 Å².